The Labute approximate surface area is 123 Å². The van der Waals surface area contributed by atoms with Gasteiger partial charge in [0.05, 0.1) is 0 Å². The molecule has 0 aromatic heterocycles. The zero-order valence-electron chi connectivity index (χ0n) is 6.75. The Morgan fingerprint density at radius 1 is 0.917 bits per heavy atom. The Morgan fingerprint density at radius 3 is 1.58 bits per heavy atom. The molecule has 0 amide bonds. The van der Waals surface area contributed by atoms with Crippen LogP contribution in [0.1, 0.15) is 5.56 Å². The molecule has 0 atom stereocenters. The van der Waals surface area contributed by atoms with Crippen LogP contribution in [-0.4, -0.2) is 11.0 Å². The van der Waals surface area contributed by atoms with Gasteiger partial charge in [-0.2, -0.15) is 0 Å². The van der Waals surface area contributed by atoms with Crippen molar-refractivity contribution < 1.29 is 76.4 Å². The van der Waals surface area contributed by atoms with Crippen LogP contribution < -0.4 is 0 Å². The van der Waals surface area contributed by atoms with Gasteiger partial charge < -0.3 is 16.7 Å². The van der Waals surface area contributed by atoms with E-state index in [2.05, 4.69) is 0 Å². The molecule has 1 aromatic rings. The van der Waals surface area contributed by atoms with E-state index in [4.69, 9.17) is 5.73 Å². The van der Waals surface area contributed by atoms with Crippen LogP contribution in [0.15, 0.2) is 30.3 Å². The first-order valence-electron chi connectivity index (χ1n) is 2.62. The fourth-order valence-electron chi connectivity index (χ4n) is 0.596. The van der Waals surface area contributed by atoms with Crippen LogP contribution in [0.2, 0.25) is 0 Å². The number of rotatable bonds is 1. The zero-order chi connectivity index (χ0) is 5.82. The van der Waals surface area contributed by atoms with Gasteiger partial charge in [0, 0.05) is 65.4 Å². The normalized spacial score (nSPS) is 6.08. The summed E-state index contributed by atoms with van der Waals surface area (Å²) in [5.74, 6) is 0. The van der Waals surface area contributed by atoms with Crippen LogP contribution in [0.3, 0.4) is 0 Å². The van der Waals surface area contributed by atoms with Crippen molar-refractivity contribution in [3.05, 3.63) is 41.6 Å². The van der Waals surface area contributed by atoms with Crippen molar-refractivity contribution in [2.45, 2.75) is 6.54 Å². The average Bonchev–Trinajstić information content (AvgIpc) is 1.90. The molecule has 5 N–H and O–H groups in total. The van der Waals surface area contributed by atoms with Gasteiger partial charge in [-0.1, -0.05) is 35.9 Å². The standard InChI is InChI=1S/C7H8N.2H2O.2Y/c8-6-7-4-2-1-3-5-7;;;;/h1-5,8H,6H2;2*1H2;;/q-1;;;;. The molecule has 0 unspecified atom stereocenters. The summed E-state index contributed by atoms with van der Waals surface area (Å²) >= 11 is 0. The number of hydrogen-bond acceptors (Lipinski definition) is 0. The first-order valence-corrected chi connectivity index (χ1v) is 2.62. The van der Waals surface area contributed by atoms with Gasteiger partial charge in [-0.25, -0.2) is 0 Å². The average molecular weight is 320 g/mol. The molecule has 2 radical (unpaired) electrons. The van der Waals surface area contributed by atoms with Crippen LogP contribution in [0.4, 0.5) is 0 Å². The van der Waals surface area contributed by atoms with Gasteiger partial charge in [0.25, 0.3) is 0 Å². The predicted octanol–water partition coefficient (Wildman–Crippen LogP) is 0.584. The third-order valence-corrected chi connectivity index (χ3v) is 1.05. The van der Waals surface area contributed by atoms with Crippen LogP contribution in [-0.2, 0) is 72.0 Å². The van der Waals surface area contributed by atoms with E-state index in [1.165, 1.54) is 0 Å². The number of hydrogen-bond donors (Lipinski definition) is 0. The van der Waals surface area contributed by atoms with Crippen LogP contribution in [0.5, 0.6) is 0 Å². The van der Waals surface area contributed by atoms with Gasteiger partial charge in [-0.05, 0) is 0 Å². The van der Waals surface area contributed by atoms with E-state index < -0.39 is 0 Å². The van der Waals surface area contributed by atoms with E-state index in [1.54, 1.807) is 0 Å². The molecule has 0 spiro atoms. The monoisotopic (exact) mass is 320 g/mol. The Kier molecular flexibility index (Phi) is 28.7. The fraction of sp³-hybridized carbons (Fsp3) is 0.143. The van der Waals surface area contributed by atoms with E-state index in [9.17, 15) is 0 Å². The van der Waals surface area contributed by atoms with E-state index in [0.29, 0.717) is 6.54 Å². The molecule has 0 fully saturated rings. The summed E-state index contributed by atoms with van der Waals surface area (Å²) < 4.78 is 0. The maximum Gasteiger partial charge on any atom is 0 e. The number of nitrogens with one attached hydrogen (secondary N) is 1. The molecule has 3 nitrogen and oxygen atoms in total. The molecular weight excluding hydrogens is 308 g/mol. The Bertz CT molecular complexity index is 161. The molecule has 0 saturated carbocycles. The summed E-state index contributed by atoms with van der Waals surface area (Å²) in [6.45, 7) is 0.390. The van der Waals surface area contributed by atoms with Gasteiger partial charge in [0.1, 0.15) is 0 Å². The second-order valence-electron chi connectivity index (χ2n) is 1.66. The van der Waals surface area contributed by atoms with Crippen LogP contribution in [0, 0.1) is 0 Å². The molecule has 0 aliphatic rings. The van der Waals surface area contributed by atoms with Gasteiger partial charge in [-0.3, -0.25) is 0 Å². The molecule has 0 heterocycles. The molecule has 1 rings (SSSR count). The molecule has 64 valence electrons. The smallest absolute Gasteiger partial charge is 0 e. The zero-order valence-corrected chi connectivity index (χ0v) is 12.4. The molecule has 1 aromatic carbocycles. The summed E-state index contributed by atoms with van der Waals surface area (Å²) in [6.07, 6.45) is 0. The first kappa shape index (κ1) is 23.3. The minimum Gasteiger partial charge on any atom is -0.674 e. The predicted molar refractivity (Wildman–Crippen MR) is 41.7 cm³/mol. The quantitative estimate of drug-likeness (QED) is 0.725. The second kappa shape index (κ2) is 14.8. The van der Waals surface area contributed by atoms with E-state index in [1.807, 2.05) is 30.3 Å². The summed E-state index contributed by atoms with van der Waals surface area (Å²) in [5, 5.41) is 0. The van der Waals surface area contributed by atoms with Crippen LogP contribution >= 0.6 is 0 Å². The third kappa shape index (κ3) is 9.40. The maximum absolute atomic E-state index is 6.94. The summed E-state index contributed by atoms with van der Waals surface area (Å²) in [4.78, 5) is 0. The molecule has 0 bridgehead atoms. The Hall–Kier alpha value is 1.31. The van der Waals surface area contributed by atoms with Gasteiger partial charge in [0.2, 0.25) is 0 Å². The van der Waals surface area contributed by atoms with Crippen LogP contribution in [0.25, 0.3) is 5.73 Å². The fourth-order valence-corrected chi connectivity index (χ4v) is 0.596. The molecule has 0 aliphatic carbocycles. The molecule has 12 heavy (non-hydrogen) atoms. The van der Waals surface area contributed by atoms with Gasteiger partial charge in [0.15, 0.2) is 0 Å². The van der Waals surface area contributed by atoms with Crippen molar-refractivity contribution in [2.75, 3.05) is 0 Å². The largest absolute Gasteiger partial charge is 0.674 e. The van der Waals surface area contributed by atoms with Crippen molar-refractivity contribution in [1.29, 1.82) is 0 Å². The van der Waals surface area contributed by atoms with Gasteiger partial charge in [-0.15, -0.1) is 6.54 Å². The molecule has 5 heteroatoms. The summed E-state index contributed by atoms with van der Waals surface area (Å²) in [6, 6.07) is 9.76. The van der Waals surface area contributed by atoms with Crippen molar-refractivity contribution in [2.24, 2.45) is 0 Å². The minimum atomic E-state index is 0. The molecule has 0 saturated heterocycles. The maximum atomic E-state index is 6.94. The molecule has 0 aliphatic heterocycles. The Balaban J connectivity index is -0.0000000800. The second-order valence-corrected chi connectivity index (χ2v) is 1.66. The van der Waals surface area contributed by atoms with E-state index >= 15 is 0 Å². The third-order valence-electron chi connectivity index (χ3n) is 1.05. The minimum absolute atomic E-state index is 0. The molecular formula is C7H12NO2Y2-. The topological polar surface area (TPSA) is 86.8 Å². The van der Waals surface area contributed by atoms with Crippen molar-refractivity contribution in [1.82, 2.24) is 0 Å². The van der Waals surface area contributed by atoms with Crippen molar-refractivity contribution in [3.8, 4) is 0 Å². The van der Waals surface area contributed by atoms with Gasteiger partial charge >= 0.3 is 0 Å². The van der Waals surface area contributed by atoms with E-state index in [-0.39, 0.29) is 76.4 Å². The summed E-state index contributed by atoms with van der Waals surface area (Å²) in [7, 11) is 0. The number of benzene rings is 1. The summed E-state index contributed by atoms with van der Waals surface area (Å²) in [5.41, 5.74) is 8.02. The first-order chi connectivity index (χ1) is 3.93. The SMILES string of the molecule is O.O.[NH-]Cc1ccccc1.[Y].[Y]. The van der Waals surface area contributed by atoms with Crippen molar-refractivity contribution >= 4 is 0 Å². The van der Waals surface area contributed by atoms with E-state index in [0.717, 1.165) is 5.56 Å². The van der Waals surface area contributed by atoms with Crippen molar-refractivity contribution in [3.63, 3.8) is 0 Å². The Morgan fingerprint density at radius 2 is 1.33 bits per heavy atom.